The fraction of sp³-hybridized carbons (Fsp3) is 1.00. The van der Waals surface area contributed by atoms with Crippen molar-refractivity contribution in [2.45, 2.75) is 16.8 Å². The molecule has 6 heteroatoms. The minimum Gasteiger partial charge on any atom is -0.412 e. The summed E-state index contributed by atoms with van der Waals surface area (Å²) in [4.78, 5) is 0. The Morgan fingerprint density at radius 2 is 1.78 bits per heavy atom. The predicted molar refractivity (Wildman–Crippen MR) is 44.9 cm³/mol. The van der Waals surface area contributed by atoms with Crippen molar-refractivity contribution in [2.75, 3.05) is 0 Å². The van der Waals surface area contributed by atoms with Crippen LogP contribution in [0.1, 0.15) is 13.3 Å². The second-order valence-electron chi connectivity index (χ2n) is 1.08. The maximum absolute atomic E-state index is 4.97. The summed E-state index contributed by atoms with van der Waals surface area (Å²) >= 11 is 7.90. The van der Waals surface area contributed by atoms with Gasteiger partial charge >= 0.3 is 75.1 Å². The standard InChI is InChI=1S/C3H5Br2O.2H2O.Sb/c1-2-3(4,5)6;;;/h2H2,1H3;2*1H2;/q-1;;;+1. The molecular formula is C3H9Br2O3Sb. The predicted octanol–water partition coefficient (Wildman–Crippen LogP) is 0.291. The van der Waals surface area contributed by atoms with Crippen LogP contribution in [-0.4, -0.2) is 37.8 Å². The van der Waals surface area contributed by atoms with Gasteiger partial charge < -0.3 is 11.0 Å². The topological polar surface area (TPSA) is 72.2 Å². The molecule has 0 aliphatic rings. The molecule has 2 radical (unpaired) electrons. The molecule has 0 fully saturated rings. The van der Waals surface area contributed by atoms with E-state index in [9.17, 15) is 0 Å². The van der Waals surface area contributed by atoms with Crippen molar-refractivity contribution in [2.24, 2.45) is 0 Å². The van der Waals surface area contributed by atoms with Crippen LogP contribution in [0.25, 0.3) is 0 Å². The Morgan fingerprint density at radius 3 is 1.78 bits per heavy atom. The van der Waals surface area contributed by atoms with E-state index in [-0.39, 0.29) is 14.4 Å². The van der Waals surface area contributed by atoms with Gasteiger partial charge in [0.25, 0.3) is 0 Å². The minimum atomic E-state index is -0.269. The molecule has 0 atom stereocenters. The molecule has 0 unspecified atom stereocenters. The second-order valence-corrected chi connectivity index (χ2v) is 5.23. The number of rotatable bonds is 2. The van der Waals surface area contributed by atoms with Gasteiger partial charge in [-0.25, -0.2) is 0 Å². The van der Waals surface area contributed by atoms with Crippen LogP contribution in [0.2, 0.25) is 0 Å². The summed E-state index contributed by atoms with van der Waals surface area (Å²) in [6, 6.07) is 0. The van der Waals surface area contributed by atoms with Crippen LogP contribution in [0, 0.1) is 0 Å². The van der Waals surface area contributed by atoms with E-state index in [0.717, 1.165) is 6.42 Å². The zero-order valence-electron chi connectivity index (χ0n) is 4.82. The van der Waals surface area contributed by atoms with Gasteiger partial charge in [0, 0.05) is 0 Å². The molecule has 0 aromatic rings. The molecule has 58 valence electrons. The minimum absolute atomic E-state index is 0. The van der Waals surface area contributed by atoms with Crippen LogP contribution in [0.15, 0.2) is 0 Å². The van der Waals surface area contributed by atoms with Gasteiger partial charge in [-0.1, -0.05) is 0 Å². The summed E-state index contributed by atoms with van der Waals surface area (Å²) in [7, 11) is 0. The van der Waals surface area contributed by atoms with Gasteiger partial charge in [-0.3, -0.25) is 0 Å². The quantitative estimate of drug-likeness (QED) is 0.506. The van der Waals surface area contributed by atoms with Crippen LogP contribution in [0.5, 0.6) is 0 Å². The Hall–Kier alpha value is 1.66. The first-order valence-corrected chi connectivity index (χ1v) is 4.45. The maximum atomic E-state index is 4.97. The summed E-state index contributed by atoms with van der Waals surface area (Å²) in [6.45, 7) is 2.03. The molecule has 0 spiro atoms. The maximum Gasteiger partial charge on any atom is -0.412 e. The number of alkyl halides is 2. The average molecular weight is 375 g/mol. The summed E-state index contributed by atoms with van der Waals surface area (Å²) < 4.78 is 4.70. The zero-order valence-corrected chi connectivity index (χ0v) is 10.5. The van der Waals surface area contributed by atoms with Crippen molar-refractivity contribution in [1.82, 2.24) is 0 Å². The molecule has 0 bridgehead atoms. The van der Waals surface area contributed by atoms with E-state index in [1.807, 2.05) is 6.92 Å². The average Bonchev–Trinajstić information content (AvgIpc) is 1.68. The summed E-state index contributed by atoms with van der Waals surface area (Å²) in [5, 5.41) is 0. The summed E-state index contributed by atoms with van der Waals surface area (Å²) in [6.07, 6.45) is 0.919. The number of hydrogen-bond acceptors (Lipinski definition) is 1. The molecule has 0 amide bonds. The van der Waals surface area contributed by atoms with Crippen LogP contribution in [-0.2, 0) is 3.02 Å². The van der Waals surface area contributed by atoms with E-state index >= 15 is 0 Å². The Kier molecular flexibility index (Phi) is 14.6. The van der Waals surface area contributed by atoms with Crippen LogP contribution < -0.4 is 0 Å². The summed E-state index contributed by atoms with van der Waals surface area (Å²) in [5.41, 5.74) is 0. The van der Waals surface area contributed by atoms with Gasteiger partial charge in [-0.2, -0.15) is 0 Å². The van der Waals surface area contributed by atoms with Crippen molar-refractivity contribution < 1.29 is 14.0 Å². The van der Waals surface area contributed by atoms with Gasteiger partial charge in [0.1, 0.15) is 0 Å². The van der Waals surface area contributed by atoms with Crippen molar-refractivity contribution in [3.63, 3.8) is 0 Å². The molecule has 0 aromatic carbocycles. The first kappa shape index (κ1) is 17.0. The molecule has 0 heterocycles. The van der Waals surface area contributed by atoms with Gasteiger partial charge in [-0.05, 0) is 0 Å². The zero-order chi connectivity index (χ0) is 5.91. The van der Waals surface area contributed by atoms with E-state index in [0.29, 0.717) is 0 Å². The van der Waals surface area contributed by atoms with Gasteiger partial charge in [0.15, 0.2) is 0 Å². The third kappa shape index (κ3) is 9.66. The molecule has 3 nitrogen and oxygen atoms in total. The van der Waals surface area contributed by atoms with Gasteiger partial charge in [0.05, 0.1) is 0 Å². The third-order valence-corrected chi connectivity index (χ3v) is 4.37. The molecule has 0 rings (SSSR count). The molecule has 4 N–H and O–H groups in total. The molecule has 0 saturated carbocycles. The Labute approximate surface area is 85.5 Å². The van der Waals surface area contributed by atoms with Crippen molar-refractivity contribution in [3.05, 3.63) is 0 Å². The van der Waals surface area contributed by atoms with Gasteiger partial charge in [0.2, 0.25) is 0 Å². The molecule has 0 saturated heterocycles. The molecule has 0 aliphatic carbocycles. The van der Waals surface area contributed by atoms with E-state index in [1.54, 1.807) is 0 Å². The smallest absolute Gasteiger partial charge is 0.412 e. The monoisotopic (exact) mass is 372 g/mol. The van der Waals surface area contributed by atoms with Crippen molar-refractivity contribution >= 4 is 55.3 Å². The first-order valence-electron chi connectivity index (χ1n) is 1.83. The van der Waals surface area contributed by atoms with Crippen LogP contribution in [0.3, 0.4) is 0 Å². The fourth-order valence-corrected chi connectivity index (χ4v) is 0.433. The second kappa shape index (κ2) is 7.76. The number of halogens is 2. The Bertz CT molecular complexity index is 55.0. The normalized spacial score (nSPS) is 9.33. The van der Waals surface area contributed by atoms with E-state index in [4.69, 9.17) is 3.02 Å². The molecule has 0 aromatic heterocycles. The Morgan fingerprint density at radius 1 is 1.44 bits per heavy atom. The summed E-state index contributed by atoms with van der Waals surface area (Å²) in [5.74, 6) is 0. The number of hydrogen-bond donors (Lipinski definition) is 0. The Balaban J connectivity index is -0.000000180. The van der Waals surface area contributed by atoms with Crippen LogP contribution in [0.4, 0.5) is 0 Å². The fourth-order valence-electron chi connectivity index (χ4n) is 0.0645. The van der Waals surface area contributed by atoms with Gasteiger partial charge in [-0.15, -0.1) is 0 Å². The molecule has 9 heavy (non-hydrogen) atoms. The van der Waals surface area contributed by atoms with E-state index < -0.39 is 0 Å². The first-order chi connectivity index (χ1) is 3.12. The van der Waals surface area contributed by atoms with E-state index in [2.05, 4.69) is 31.9 Å². The van der Waals surface area contributed by atoms with Crippen molar-refractivity contribution in [1.29, 1.82) is 0 Å². The molecule has 0 aliphatic heterocycles. The van der Waals surface area contributed by atoms with E-state index in [1.165, 1.54) is 23.4 Å². The molecular weight excluding hydrogens is 366 g/mol. The SMILES string of the molecule is CCC(Br)(Br)[O][Sb].O.O. The third-order valence-electron chi connectivity index (χ3n) is 0.545. The van der Waals surface area contributed by atoms with Crippen molar-refractivity contribution in [3.8, 4) is 0 Å². The van der Waals surface area contributed by atoms with Crippen LogP contribution >= 0.6 is 31.9 Å². The largest absolute Gasteiger partial charge is 0.412 e.